The van der Waals surface area contributed by atoms with Crippen LogP contribution in [0.4, 0.5) is 4.79 Å². The molecule has 1 aliphatic rings. The van der Waals surface area contributed by atoms with Crippen molar-refractivity contribution in [3.8, 4) is 11.4 Å². The molecular formula is C18H19N3O4. The summed E-state index contributed by atoms with van der Waals surface area (Å²) in [6.07, 6.45) is 2.49. The third-order valence-electron chi connectivity index (χ3n) is 3.83. The number of nitrogens with one attached hydrogen (secondary N) is 1. The summed E-state index contributed by atoms with van der Waals surface area (Å²) in [5.41, 5.74) is -0.207. The lowest BCUT2D eigenvalue weighted by molar-refractivity contribution is -0.147. The number of fused-ring (bicyclic) bond motifs is 3. The molecule has 7 heteroatoms. The zero-order valence-electron chi connectivity index (χ0n) is 14.5. The van der Waals surface area contributed by atoms with E-state index in [1.165, 1.54) is 7.11 Å². The van der Waals surface area contributed by atoms with Gasteiger partial charge >= 0.3 is 12.1 Å². The number of aromatic nitrogens is 2. The fraction of sp³-hybridized carbons (Fsp3) is 0.333. The highest BCUT2D eigenvalue weighted by atomic mass is 16.6. The number of carbonyl (C=O) groups excluding carboxylic acids is 2. The van der Waals surface area contributed by atoms with Gasteiger partial charge in [0.1, 0.15) is 5.60 Å². The molecular weight excluding hydrogens is 322 g/mol. The average molecular weight is 341 g/mol. The Kier molecular flexibility index (Phi) is 3.94. The summed E-state index contributed by atoms with van der Waals surface area (Å²) in [7, 11) is 1.27. The van der Waals surface area contributed by atoms with Crippen LogP contribution in [0.3, 0.4) is 0 Å². The summed E-state index contributed by atoms with van der Waals surface area (Å²) in [6.45, 7) is 5.24. The summed E-state index contributed by atoms with van der Waals surface area (Å²) in [4.78, 5) is 34.0. The van der Waals surface area contributed by atoms with E-state index in [1.54, 1.807) is 57.4 Å². The molecule has 0 bridgehead atoms. The van der Waals surface area contributed by atoms with E-state index in [9.17, 15) is 9.59 Å². The molecule has 2 aromatic heterocycles. The second-order valence-electron chi connectivity index (χ2n) is 6.67. The summed E-state index contributed by atoms with van der Waals surface area (Å²) in [6, 6.07) is 6.83. The van der Waals surface area contributed by atoms with Crippen LogP contribution in [0.1, 0.15) is 31.9 Å². The first-order valence-electron chi connectivity index (χ1n) is 7.80. The van der Waals surface area contributed by atoms with Gasteiger partial charge < -0.3 is 9.47 Å². The lowest BCUT2D eigenvalue weighted by Gasteiger charge is -2.30. The zero-order valence-corrected chi connectivity index (χ0v) is 14.5. The Morgan fingerprint density at radius 3 is 2.00 bits per heavy atom. The Labute approximate surface area is 145 Å². The van der Waals surface area contributed by atoms with Gasteiger partial charge in [-0.3, -0.25) is 15.3 Å². The van der Waals surface area contributed by atoms with Crippen LogP contribution in [0, 0.1) is 0 Å². The molecule has 130 valence electrons. The van der Waals surface area contributed by atoms with Gasteiger partial charge in [-0.05, 0) is 32.9 Å². The fourth-order valence-electron chi connectivity index (χ4n) is 2.95. The van der Waals surface area contributed by atoms with Gasteiger partial charge in [0.05, 0.1) is 18.5 Å². The van der Waals surface area contributed by atoms with Gasteiger partial charge in [0.25, 0.3) is 0 Å². The van der Waals surface area contributed by atoms with Gasteiger partial charge in [-0.15, -0.1) is 0 Å². The van der Waals surface area contributed by atoms with Gasteiger partial charge in [0.15, 0.2) is 5.54 Å². The highest BCUT2D eigenvalue weighted by Crippen LogP contribution is 2.46. The number of carbonyl (C=O) groups is 2. The predicted octanol–water partition coefficient (Wildman–Crippen LogP) is 2.40. The summed E-state index contributed by atoms with van der Waals surface area (Å²) >= 11 is 0. The highest BCUT2D eigenvalue weighted by molar-refractivity contribution is 5.98. The lowest BCUT2D eigenvalue weighted by atomic mass is 9.88. The minimum atomic E-state index is -1.55. The lowest BCUT2D eigenvalue weighted by Crippen LogP contribution is -2.53. The van der Waals surface area contributed by atoms with Crippen molar-refractivity contribution in [3.05, 3.63) is 47.8 Å². The van der Waals surface area contributed by atoms with Crippen LogP contribution in [-0.2, 0) is 19.8 Å². The molecule has 25 heavy (non-hydrogen) atoms. The standard InChI is InChI=1S/C18H19N3O4/c1-17(2,3)25-16(23)21-18(15(22)24-4)11-7-5-9-19-13(11)14-12(18)8-6-10-20-14/h5-10H,1-4H3,(H,21,23). The summed E-state index contributed by atoms with van der Waals surface area (Å²) < 4.78 is 10.4. The second kappa shape index (κ2) is 5.84. The molecule has 3 rings (SSSR count). The molecule has 0 unspecified atom stereocenters. The molecule has 0 fully saturated rings. The SMILES string of the molecule is COC(=O)C1(NC(=O)OC(C)(C)C)c2cccnc2-c2ncccc21. The molecule has 1 aliphatic carbocycles. The first-order valence-corrected chi connectivity index (χ1v) is 7.80. The van der Waals surface area contributed by atoms with Crippen molar-refractivity contribution in [3.63, 3.8) is 0 Å². The van der Waals surface area contributed by atoms with Gasteiger partial charge in [0, 0.05) is 23.5 Å². The van der Waals surface area contributed by atoms with Crippen LogP contribution in [-0.4, -0.2) is 34.7 Å². The van der Waals surface area contributed by atoms with Crippen molar-refractivity contribution in [1.82, 2.24) is 15.3 Å². The first kappa shape index (κ1) is 16.9. The molecule has 2 aromatic rings. The van der Waals surface area contributed by atoms with E-state index >= 15 is 0 Å². The summed E-state index contributed by atoms with van der Waals surface area (Å²) in [5.74, 6) is -0.639. The van der Waals surface area contributed by atoms with Crippen LogP contribution in [0.25, 0.3) is 11.4 Å². The number of alkyl carbamates (subject to hydrolysis) is 1. The molecule has 0 spiro atoms. The van der Waals surface area contributed by atoms with Crippen molar-refractivity contribution < 1.29 is 19.1 Å². The van der Waals surface area contributed by atoms with E-state index in [-0.39, 0.29) is 0 Å². The fourth-order valence-corrected chi connectivity index (χ4v) is 2.95. The molecule has 0 saturated carbocycles. The van der Waals surface area contributed by atoms with E-state index in [0.717, 1.165) is 0 Å². The van der Waals surface area contributed by atoms with Crippen molar-refractivity contribution in [2.45, 2.75) is 31.9 Å². The molecule has 0 radical (unpaired) electrons. The Balaban J connectivity index is 2.19. The number of methoxy groups -OCH3 is 1. The van der Waals surface area contributed by atoms with Crippen LogP contribution >= 0.6 is 0 Å². The number of rotatable bonds is 2. The third-order valence-corrected chi connectivity index (χ3v) is 3.83. The molecule has 0 saturated heterocycles. The Bertz CT molecular complexity index is 797. The van der Waals surface area contributed by atoms with Gasteiger partial charge in [-0.2, -0.15) is 0 Å². The van der Waals surface area contributed by atoms with Gasteiger partial charge in [-0.1, -0.05) is 12.1 Å². The van der Waals surface area contributed by atoms with Crippen molar-refractivity contribution >= 4 is 12.1 Å². The highest BCUT2D eigenvalue weighted by Gasteiger charge is 2.53. The maximum absolute atomic E-state index is 12.8. The molecule has 1 N–H and O–H groups in total. The topological polar surface area (TPSA) is 90.4 Å². The normalized spacial score (nSPS) is 14.2. The molecule has 0 aliphatic heterocycles. The molecule has 7 nitrogen and oxygen atoms in total. The second-order valence-corrected chi connectivity index (χ2v) is 6.67. The van der Waals surface area contributed by atoms with Crippen molar-refractivity contribution in [2.75, 3.05) is 7.11 Å². The monoisotopic (exact) mass is 341 g/mol. The first-order chi connectivity index (χ1) is 11.8. The van der Waals surface area contributed by atoms with E-state index in [4.69, 9.17) is 9.47 Å². The smallest absolute Gasteiger partial charge is 0.409 e. The molecule has 0 atom stereocenters. The van der Waals surface area contributed by atoms with E-state index in [1.807, 2.05) is 0 Å². The van der Waals surface area contributed by atoms with Gasteiger partial charge in [0.2, 0.25) is 0 Å². The molecule has 2 heterocycles. The maximum atomic E-state index is 12.8. The number of amides is 1. The van der Waals surface area contributed by atoms with Crippen molar-refractivity contribution in [2.24, 2.45) is 0 Å². The Hall–Kier alpha value is -2.96. The zero-order chi connectivity index (χ0) is 18.2. The summed E-state index contributed by atoms with van der Waals surface area (Å²) in [5, 5.41) is 2.70. The van der Waals surface area contributed by atoms with Crippen LogP contribution in [0.15, 0.2) is 36.7 Å². The third kappa shape index (κ3) is 2.71. The number of esters is 1. The minimum absolute atomic E-state index is 0.501. The maximum Gasteiger partial charge on any atom is 0.409 e. The largest absolute Gasteiger partial charge is 0.467 e. The molecule has 1 amide bonds. The van der Waals surface area contributed by atoms with Crippen LogP contribution in [0.2, 0.25) is 0 Å². The quantitative estimate of drug-likeness (QED) is 0.844. The van der Waals surface area contributed by atoms with Crippen LogP contribution in [0.5, 0.6) is 0 Å². The Morgan fingerprint density at radius 1 is 1.04 bits per heavy atom. The van der Waals surface area contributed by atoms with Crippen LogP contribution < -0.4 is 5.32 Å². The predicted molar refractivity (Wildman–Crippen MR) is 89.6 cm³/mol. The van der Waals surface area contributed by atoms with E-state index in [2.05, 4.69) is 15.3 Å². The number of nitrogens with zero attached hydrogens (tertiary/aromatic N) is 2. The van der Waals surface area contributed by atoms with E-state index in [0.29, 0.717) is 22.5 Å². The molecule has 0 aromatic carbocycles. The number of hydrogen-bond donors (Lipinski definition) is 1. The Morgan fingerprint density at radius 2 is 1.56 bits per heavy atom. The minimum Gasteiger partial charge on any atom is -0.467 e. The number of hydrogen-bond acceptors (Lipinski definition) is 6. The van der Waals surface area contributed by atoms with E-state index < -0.39 is 23.2 Å². The average Bonchev–Trinajstić information content (AvgIpc) is 2.84. The number of pyridine rings is 2. The number of ether oxygens (including phenoxy) is 2. The van der Waals surface area contributed by atoms with Gasteiger partial charge in [-0.25, -0.2) is 9.59 Å². The van der Waals surface area contributed by atoms with Crippen molar-refractivity contribution in [1.29, 1.82) is 0 Å².